The van der Waals surface area contributed by atoms with Crippen molar-refractivity contribution in [1.29, 1.82) is 0 Å². The zero-order valence-corrected chi connectivity index (χ0v) is 13.3. The first-order chi connectivity index (χ1) is 9.27. The fourth-order valence-corrected chi connectivity index (χ4v) is 3.18. The highest BCUT2D eigenvalue weighted by Crippen LogP contribution is 2.20. The maximum absolute atomic E-state index is 12.1. The van der Waals surface area contributed by atoms with Gasteiger partial charge in [-0.25, -0.2) is 18.1 Å². The first-order valence-corrected chi connectivity index (χ1v) is 8.31. The molecule has 20 heavy (non-hydrogen) atoms. The molecule has 0 spiro atoms. The van der Waals surface area contributed by atoms with Gasteiger partial charge < -0.3 is 5.11 Å². The third-order valence-electron chi connectivity index (χ3n) is 3.48. The number of nitrogens with one attached hydrogen (secondary N) is 1. The molecule has 5 nitrogen and oxygen atoms in total. The topological polar surface area (TPSA) is 79.3 Å². The summed E-state index contributed by atoms with van der Waals surface area (Å²) < 4.78 is 26.9. The summed E-state index contributed by atoms with van der Waals surface area (Å²) in [6.45, 7) is 8.62. The van der Waals surface area contributed by atoms with Crippen molar-refractivity contribution in [1.82, 2.24) is 9.71 Å². The van der Waals surface area contributed by atoms with E-state index in [2.05, 4.69) is 37.4 Å². The number of nitrogens with zero attached hydrogens (tertiary/aromatic N) is 1. The SMILES string of the molecule is CC(C)C(CNS(=O)(=O)c1ccc(CO)cn1)C(C)C. The number of pyridine rings is 1. The average molecular weight is 300 g/mol. The Bertz CT molecular complexity index is 502. The van der Waals surface area contributed by atoms with Crippen molar-refractivity contribution in [2.24, 2.45) is 17.8 Å². The molecule has 0 amide bonds. The van der Waals surface area contributed by atoms with Gasteiger partial charge in [0, 0.05) is 12.7 Å². The largest absolute Gasteiger partial charge is 0.392 e. The van der Waals surface area contributed by atoms with Crippen molar-refractivity contribution in [3.05, 3.63) is 23.9 Å². The van der Waals surface area contributed by atoms with Crippen LogP contribution in [0, 0.1) is 17.8 Å². The van der Waals surface area contributed by atoms with Crippen LogP contribution in [0.2, 0.25) is 0 Å². The van der Waals surface area contributed by atoms with E-state index < -0.39 is 10.0 Å². The number of hydrogen-bond acceptors (Lipinski definition) is 4. The van der Waals surface area contributed by atoms with E-state index in [1.807, 2.05) is 0 Å². The molecule has 1 aromatic rings. The van der Waals surface area contributed by atoms with Crippen molar-refractivity contribution in [3.63, 3.8) is 0 Å². The van der Waals surface area contributed by atoms with E-state index in [0.29, 0.717) is 23.9 Å². The Morgan fingerprint density at radius 2 is 1.80 bits per heavy atom. The lowest BCUT2D eigenvalue weighted by Gasteiger charge is -2.24. The molecule has 0 aromatic carbocycles. The van der Waals surface area contributed by atoms with E-state index in [1.165, 1.54) is 12.3 Å². The standard InChI is InChI=1S/C14H24N2O3S/c1-10(2)13(11(3)4)8-16-20(18,19)14-6-5-12(9-17)7-15-14/h5-7,10-11,13,16-17H,8-9H2,1-4H3. The monoisotopic (exact) mass is 300 g/mol. The van der Waals surface area contributed by atoms with Crippen molar-refractivity contribution in [2.75, 3.05) is 6.54 Å². The summed E-state index contributed by atoms with van der Waals surface area (Å²) in [5.41, 5.74) is 0.589. The van der Waals surface area contributed by atoms with E-state index in [-0.39, 0.29) is 17.6 Å². The van der Waals surface area contributed by atoms with Gasteiger partial charge in [-0.1, -0.05) is 33.8 Å². The molecule has 0 saturated heterocycles. The van der Waals surface area contributed by atoms with E-state index in [0.717, 1.165) is 0 Å². The number of hydrogen-bond donors (Lipinski definition) is 2. The molecular formula is C14H24N2O3S. The van der Waals surface area contributed by atoms with Gasteiger partial charge in [0.2, 0.25) is 0 Å². The molecule has 0 bridgehead atoms. The fourth-order valence-electron chi connectivity index (χ4n) is 2.18. The van der Waals surface area contributed by atoms with E-state index in [9.17, 15) is 8.42 Å². The van der Waals surface area contributed by atoms with Crippen LogP contribution in [0.25, 0.3) is 0 Å². The molecule has 2 N–H and O–H groups in total. The molecule has 0 aliphatic carbocycles. The summed E-state index contributed by atoms with van der Waals surface area (Å²) in [5.74, 6) is 1.09. The number of sulfonamides is 1. The predicted molar refractivity (Wildman–Crippen MR) is 78.5 cm³/mol. The molecule has 0 aliphatic heterocycles. The fraction of sp³-hybridized carbons (Fsp3) is 0.643. The summed E-state index contributed by atoms with van der Waals surface area (Å²) in [5, 5.41) is 8.91. The van der Waals surface area contributed by atoms with Crippen molar-refractivity contribution < 1.29 is 13.5 Å². The third kappa shape index (κ3) is 4.54. The predicted octanol–water partition coefficient (Wildman–Crippen LogP) is 1.78. The minimum atomic E-state index is -3.59. The van der Waals surface area contributed by atoms with Crippen molar-refractivity contribution in [3.8, 4) is 0 Å². The molecular weight excluding hydrogens is 276 g/mol. The summed E-state index contributed by atoms with van der Waals surface area (Å²) in [7, 11) is -3.59. The number of aromatic nitrogens is 1. The molecule has 6 heteroatoms. The smallest absolute Gasteiger partial charge is 0.258 e. The van der Waals surface area contributed by atoms with Crippen LogP contribution in [0.5, 0.6) is 0 Å². The molecule has 0 fully saturated rings. The number of aliphatic hydroxyl groups excluding tert-OH is 1. The van der Waals surface area contributed by atoms with Gasteiger partial charge in [-0.2, -0.15) is 0 Å². The van der Waals surface area contributed by atoms with Crippen LogP contribution < -0.4 is 4.72 Å². The summed E-state index contributed by atoms with van der Waals surface area (Å²) in [4.78, 5) is 3.88. The maximum Gasteiger partial charge on any atom is 0.258 e. The zero-order valence-electron chi connectivity index (χ0n) is 12.5. The van der Waals surface area contributed by atoms with Crippen LogP contribution in [0.1, 0.15) is 33.3 Å². The van der Waals surface area contributed by atoms with Crippen molar-refractivity contribution in [2.45, 2.75) is 39.3 Å². The van der Waals surface area contributed by atoms with Crippen LogP contribution in [0.15, 0.2) is 23.4 Å². The Morgan fingerprint density at radius 1 is 1.20 bits per heavy atom. The van der Waals surface area contributed by atoms with E-state index in [4.69, 9.17) is 5.11 Å². The highest BCUT2D eigenvalue weighted by molar-refractivity contribution is 7.89. The lowest BCUT2D eigenvalue weighted by atomic mass is 9.86. The maximum atomic E-state index is 12.1. The number of aliphatic hydroxyl groups is 1. The molecule has 114 valence electrons. The Balaban J connectivity index is 2.78. The van der Waals surface area contributed by atoms with E-state index >= 15 is 0 Å². The Hall–Kier alpha value is -0.980. The summed E-state index contributed by atoms with van der Waals surface area (Å²) in [6, 6.07) is 2.97. The van der Waals surface area contributed by atoms with Crippen LogP contribution in [-0.4, -0.2) is 25.1 Å². The Labute approximate surface area is 121 Å². The van der Waals surface area contributed by atoms with Gasteiger partial charge in [0.05, 0.1) is 6.61 Å². The van der Waals surface area contributed by atoms with Gasteiger partial charge in [0.1, 0.15) is 0 Å². The second-order valence-corrected chi connectivity index (χ2v) is 7.38. The summed E-state index contributed by atoms with van der Waals surface area (Å²) >= 11 is 0. The molecule has 1 rings (SSSR count). The third-order valence-corrected chi connectivity index (χ3v) is 4.82. The van der Waals surface area contributed by atoms with Gasteiger partial charge in [-0.15, -0.1) is 0 Å². The van der Waals surface area contributed by atoms with Gasteiger partial charge >= 0.3 is 0 Å². The molecule has 0 atom stereocenters. The highest BCUT2D eigenvalue weighted by atomic mass is 32.2. The quantitative estimate of drug-likeness (QED) is 0.804. The second-order valence-electron chi connectivity index (χ2n) is 5.67. The van der Waals surface area contributed by atoms with Gasteiger partial charge in [-0.3, -0.25) is 0 Å². The van der Waals surface area contributed by atoms with Crippen LogP contribution in [0.4, 0.5) is 0 Å². The number of rotatable bonds is 7. The highest BCUT2D eigenvalue weighted by Gasteiger charge is 2.22. The minimum Gasteiger partial charge on any atom is -0.392 e. The molecule has 0 unspecified atom stereocenters. The van der Waals surface area contributed by atoms with Crippen LogP contribution in [0.3, 0.4) is 0 Å². The van der Waals surface area contributed by atoms with Crippen LogP contribution >= 0.6 is 0 Å². The average Bonchev–Trinajstić information content (AvgIpc) is 2.38. The molecule has 0 saturated carbocycles. The van der Waals surface area contributed by atoms with Gasteiger partial charge in [-0.05, 0) is 29.4 Å². The Morgan fingerprint density at radius 3 is 2.20 bits per heavy atom. The lowest BCUT2D eigenvalue weighted by Crippen LogP contribution is -2.34. The van der Waals surface area contributed by atoms with E-state index in [1.54, 1.807) is 6.07 Å². The normalized spacial score (nSPS) is 12.6. The first kappa shape index (κ1) is 17.1. The minimum absolute atomic E-state index is 0.0130. The molecule has 1 aromatic heterocycles. The Kier molecular flexibility index (Phi) is 6.10. The second kappa shape index (κ2) is 7.15. The van der Waals surface area contributed by atoms with Gasteiger partial charge in [0.25, 0.3) is 10.0 Å². The lowest BCUT2D eigenvalue weighted by molar-refractivity contribution is 0.281. The zero-order chi connectivity index (χ0) is 15.3. The first-order valence-electron chi connectivity index (χ1n) is 6.83. The summed E-state index contributed by atoms with van der Waals surface area (Å²) in [6.07, 6.45) is 1.37. The van der Waals surface area contributed by atoms with Gasteiger partial charge in [0.15, 0.2) is 5.03 Å². The molecule has 1 heterocycles. The molecule has 0 radical (unpaired) electrons. The van der Waals surface area contributed by atoms with Crippen molar-refractivity contribution >= 4 is 10.0 Å². The molecule has 0 aliphatic rings. The van der Waals surface area contributed by atoms with Crippen LogP contribution in [-0.2, 0) is 16.6 Å².